The van der Waals surface area contributed by atoms with Gasteiger partial charge in [0.15, 0.2) is 0 Å². The number of hydrogen-bond acceptors (Lipinski definition) is 4. The zero-order chi connectivity index (χ0) is 20.3. The van der Waals surface area contributed by atoms with Gasteiger partial charge in [0, 0.05) is 11.2 Å². The largest absolute Gasteiger partial charge is 0.457 e. The van der Waals surface area contributed by atoms with Gasteiger partial charge in [-0.1, -0.05) is 17.7 Å². The summed E-state index contributed by atoms with van der Waals surface area (Å²) < 4.78 is 47.5. The van der Waals surface area contributed by atoms with Crippen molar-refractivity contribution in [2.75, 3.05) is 0 Å². The molecule has 146 valence electrons. The summed E-state index contributed by atoms with van der Waals surface area (Å²) in [5, 5.41) is 14.8. The van der Waals surface area contributed by atoms with Crippen LogP contribution in [-0.4, -0.2) is 19.9 Å². The maximum absolute atomic E-state index is 13.6. The number of rotatable bonds is 5. The third-order valence-electron chi connectivity index (χ3n) is 3.88. The molecule has 9 heteroatoms. The van der Waals surface area contributed by atoms with E-state index in [1.54, 1.807) is 24.3 Å². The van der Waals surface area contributed by atoms with Gasteiger partial charge in [-0.25, -0.2) is 9.67 Å². The van der Waals surface area contributed by atoms with E-state index in [2.05, 4.69) is 10.1 Å². The molecule has 5 nitrogen and oxygen atoms in total. The van der Waals surface area contributed by atoms with Crippen molar-refractivity contribution in [3.8, 4) is 11.5 Å². The number of hydrogen-bond donors (Lipinski definition) is 1. The Labute approximate surface area is 163 Å². The Kier molecular flexibility index (Phi) is 5.71. The van der Waals surface area contributed by atoms with Crippen LogP contribution in [0.15, 0.2) is 60.7 Å². The number of ether oxygens (including phenoxy) is 1. The molecular formula is C19H15ClF3N3O2. The summed E-state index contributed by atoms with van der Waals surface area (Å²) in [4.78, 5) is 3.74. The Morgan fingerprint density at radius 3 is 2.46 bits per heavy atom. The number of benzene rings is 2. The molecule has 0 fully saturated rings. The van der Waals surface area contributed by atoms with E-state index >= 15 is 0 Å². The van der Waals surface area contributed by atoms with Crippen molar-refractivity contribution in [3.63, 3.8) is 0 Å². The molecule has 1 heterocycles. The van der Waals surface area contributed by atoms with Crippen molar-refractivity contribution < 1.29 is 23.0 Å². The molecule has 0 aliphatic carbocycles. The number of aromatic nitrogens is 3. The fourth-order valence-electron chi connectivity index (χ4n) is 2.53. The quantitative estimate of drug-likeness (QED) is 0.618. The summed E-state index contributed by atoms with van der Waals surface area (Å²) in [5.41, 5.74) is -1.01. The first-order valence-corrected chi connectivity index (χ1v) is 8.47. The third-order valence-corrected chi connectivity index (χ3v) is 4.13. The molecule has 0 bridgehead atoms. The van der Waals surface area contributed by atoms with Gasteiger partial charge in [-0.2, -0.15) is 18.3 Å². The van der Waals surface area contributed by atoms with Crippen LogP contribution in [0.5, 0.6) is 11.5 Å². The zero-order valence-electron chi connectivity index (χ0n) is 14.6. The lowest BCUT2D eigenvalue weighted by Gasteiger charge is -2.19. The zero-order valence-corrected chi connectivity index (χ0v) is 15.3. The van der Waals surface area contributed by atoms with Crippen molar-refractivity contribution in [1.82, 2.24) is 14.8 Å². The Hall–Kier alpha value is -2.84. The molecule has 0 aliphatic heterocycles. The standard InChI is InChI=1S/C19H15ClF3N3O2/c1-12(9-26-11-24-10-25-26)18(27)16-7-6-15(8-17(16)19(21,22)23)28-14-4-2-13(20)3-5-14/h2-11,18,27H,1H3/b12-9+. The number of aliphatic hydroxyl groups is 1. The first-order chi connectivity index (χ1) is 13.2. The SMILES string of the molecule is C/C(=C\n1cncn1)C(O)c1ccc(Oc2ccc(Cl)cc2)cc1C(F)(F)F. The van der Waals surface area contributed by atoms with Gasteiger partial charge in [0.25, 0.3) is 0 Å². The predicted molar refractivity (Wildman–Crippen MR) is 97.9 cm³/mol. The Bertz CT molecular complexity index is 971. The molecule has 28 heavy (non-hydrogen) atoms. The van der Waals surface area contributed by atoms with E-state index in [1.165, 1.54) is 42.6 Å². The summed E-state index contributed by atoms with van der Waals surface area (Å²) in [6.07, 6.45) is -2.12. The van der Waals surface area contributed by atoms with Crippen molar-refractivity contribution in [1.29, 1.82) is 0 Å². The minimum Gasteiger partial charge on any atom is -0.457 e. The molecule has 1 atom stereocenters. The van der Waals surface area contributed by atoms with E-state index in [4.69, 9.17) is 16.3 Å². The van der Waals surface area contributed by atoms with Crippen molar-refractivity contribution in [2.24, 2.45) is 0 Å². The first-order valence-electron chi connectivity index (χ1n) is 8.09. The second-order valence-electron chi connectivity index (χ2n) is 5.95. The van der Waals surface area contributed by atoms with Crippen LogP contribution in [0.3, 0.4) is 0 Å². The lowest BCUT2D eigenvalue weighted by atomic mass is 9.97. The van der Waals surface area contributed by atoms with Crippen LogP contribution in [0.1, 0.15) is 24.2 Å². The predicted octanol–water partition coefficient (Wildman–Crippen LogP) is 5.34. The summed E-state index contributed by atoms with van der Waals surface area (Å²) in [5.74, 6) is 0.330. The number of alkyl halides is 3. The Morgan fingerprint density at radius 1 is 1.18 bits per heavy atom. The minimum absolute atomic E-state index is 0.0106. The smallest absolute Gasteiger partial charge is 0.416 e. The second kappa shape index (κ2) is 8.04. The third kappa shape index (κ3) is 4.71. The molecule has 0 aliphatic rings. The minimum atomic E-state index is -4.68. The van der Waals surface area contributed by atoms with E-state index in [-0.39, 0.29) is 16.9 Å². The van der Waals surface area contributed by atoms with Gasteiger partial charge in [0.1, 0.15) is 30.3 Å². The lowest BCUT2D eigenvalue weighted by Crippen LogP contribution is -2.13. The molecule has 0 saturated carbocycles. The highest BCUT2D eigenvalue weighted by molar-refractivity contribution is 6.30. The lowest BCUT2D eigenvalue weighted by molar-refractivity contribution is -0.139. The maximum Gasteiger partial charge on any atom is 0.416 e. The van der Waals surface area contributed by atoms with Gasteiger partial charge >= 0.3 is 6.18 Å². The van der Waals surface area contributed by atoms with Crippen LogP contribution in [0.25, 0.3) is 6.20 Å². The summed E-state index contributed by atoms with van der Waals surface area (Å²) in [6.45, 7) is 1.50. The number of nitrogens with zero attached hydrogens (tertiary/aromatic N) is 3. The van der Waals surface area contributed by atoms with Gasteiger partial charge in [-0.15, -0.1) is 0 Å². The molecule has 1 aromatic heterocycles. The first kappa shape index (κ1) is 19.9. The molecule has 3 aromatic rings. The number of halogens is 4. The molecule has 1 N–H and O–H groups in total. The van der Waals surface area contributed by atoms with E-state index < -0.39 is 17.8 Å². The average molecular weight is 410 g/mol. The molecule has 0 spiro atoms. The van der Waals surface area contributed by atoms with Crippen molar-refractivity contribution in [3.05, 3.63) is 76.8 Å². The second-order valence-corrected chi connectivity index (χ2v) is 6.39. The van der Waals surface area contributed by atoms with Gasteiger partial charge in [-0.3, -0.25) is 0 Å². The van der Waals surface area contributed by atoms with Crippen molar-refractivity contribution in [2.45, 2.75) is 19.2 Å². The van der Waals surface area contributed by atoms with Crippen LogP contribution in [0, 0.1) is 0 Å². The molecule has 0 amide bonds. The molecule has 2 aromatic carbocycles. The van der Waals surface area contributed by atoms with Crippen LogP contribution in [-0.2, 0) is 6.18 Å². The van der Waals surface area contributed by atoms with Gasteiger partial charge < -0.3 is 9.84 Å². The van der Waals surface area contributed by atoms with E-state index in [0.29, 0.717) is 10.8 Å². The van der Waals surface area contributed by atoms with Crippen LogP contribution in [0.4, 0.5) is 13.2 Å². The monoisotopic (exact) mass is 409 g/mol. The van der Waals surface area contributed by atoms with E-state index in [1.807, 2.05) is 0 Å². The fraction of sp³-hybridized carbons (Fsp3) is 0.158. The topological polar surface area (TPSA) is 60.2 Å². The van der Waals surface area contributed by atoms with Crippen molar-refractivity contribution >= 4 is 17.8 Å². The summed E-state index contributed by atoms with van der Waals surface area (Å²) in [6, 6.07) is 9.64. The van der Waals surface area contributed by atoms with E-state index in [0.717, 1.165) is 6.07 Å². The van der Waals surface area contributed by atoms with Crippen LogP contribution >= 0.6 is 11.6 Å². The maximum atomic E-state index is 13.6. The Morgan fingerprint density at radius 2 is 1.86 bits per heavy atom. The highest BCUT2D eigenvalue weighted by atomic mass is 35.5. The highest BCUT2D eigenvalue weighted by Crippen LogP contribution is 2.39. The molecule has 1 unspecified atom stereocenters. The Balaban J connectivity index is 1.93. The average Bonchev–Trinajstić information content (AvgIpc) is 3.15. The molecule has 0 radical (unpaired) electrons. The van der Waals surface area contributed by atoms with Crippen LogP contribution < -0.4 is 4.74 Å². The van der Waals surface area contributed by atoms with E-state index in [9.17, 15) is 18.3 Å². The molecule has 3 rings (SSSR count). The van der Waals surface area contributed by atoms with Crippen LogP contribution in [0.2, 0.25) is 5.02 Å². The summed E-state index contributed by atoms with van der Waals surface area (Å²) >= 11 is 5.79. The molecular weight excluding hydrogens is 395 g/mol. The number of aliphatic hydroxyl groups excluding tert-OH is 1. The van der Waals surface area contributed by atoms with Gasteiger partial charge in [-0.05, 0) is 54.5 Å². The molecule has 0 saturated heterocycles. The fourth-order valence-corrected chi connectivity index (χ4v) is 2.66. The van der Waals surface area contributed by atoms with Gasteiger partial charge in [0.05, 0.1) is 5.56 Å². The summed E-state index contributed by atoms with van der Waals surface area (Å²) in [7, 11) is 0. The highest BCUT2D eigenvalue weighted by Gasteiger charge is 2.36. The van der Waals surface area contributed by atoms with Gasteiger partial charge in [0.2, 0.25) is 0 Å². The normalized spacial score (nSPS) is 13.4.